The number of ether oxygens (including phenoxy) is 1. The Hall–Kier alpha value is -0.860. The molecule has 18 heavy (non-hydrogen) atoms. The molecule has 1 fully saturated rings. The van der Waals surface area contributed by atoms with Crippen molar-refractivity contribution in [3.63, 3.8) is 0 Å². The maximum absolute atomic E-state index is 5.89. The molecule has 2 rings (SSSR count). The van der Waals surface area contributed by atoms with Crippen LogP contribution < -0.4 is 5.32 Å². The van der Waals surface area contributed by atoms with Gasteiger partial charge < -0.3 is 10.1 Å². The van der Waals surface area contributed by atoms with E-state index in [1.807, 2.05) is 7.05 Å². The predicted molar refractivity (Wildman–Crippen MR) is 76.1 cm³/mol. The Morgan fingerprint density at radius 2 is 2.11 bits per heavy atom. The lowest BCUT2D eigenvalue weighted by Gasteiger charge is -2.30. The lowest BCUT2D eigenvalue weighted by molar-refractivity contribution is -0.00587. The van der Waals surface area contributed by atoms with E-state index in [0.717, 1.165) is 13.0 Å². The average Bonchev–Trinajstić information content (AvgIpc) is 2.41. The fraction of sp³-hybridized carbons (Fsp3) is 0.625. The van der Waals surface area contributed by atoms with Crippen molar-refractivity contribution in [1.82, 2.24) is 5.32 Å². The highest BCUT2D eigenvalue weighted by Crippen LogP contribution is 2.19. The van der Waals surface area contributed by atoms with Crippen LogP contribution in [0.1, 0.15) is 36.0 Å². The molecule has 0 bridgehead atoms. The van der Waals surface area contributed by atoms with Crippen molar-refractivity contribution in [1.29, 1.82) is 0 Å². The van der Waals surface area contributed by atoms with Crippen molar-refractivity contribution in [3.8, 4) is 0 Å². The first-order valence-corrected chi connectivity index (χ1v) is 7.05. The standard InChI is InChI=1S/C16H25NO/c1-12-7-8-14(10-13(12)2)11-15(17-3)16-6-4-5-9-18-16/h7-8,10,15-17H,4-6,9,11H2,1-3H3. The quantitative estimate of drug-likeness (QED) is 0.883. The van der Waals surface area contributed by atoms with Crippen molar-refractivity contribution in [2.45, 2.75) is 51.7 Å². The minimum atomic E-state index is 0.380. The van der Waals surface area contributed by atoms with Gasteiger partial charge in [-0.3, -0.25) is 0 Å². The minimum absolute atomic E-state index is 0.380. The van der Waals surface area contributed by atoms with Crippen molar-refractivity contribution >= 4 is 0 Å². The predicted octanol–water partition coefficient (Wildman–Crippen LogP) is 3.00. The Balaban J connectivity index is 2.02. The summed E-state index contributed by atoms with van der Waals surface area (Å²) in [5, 5.41) is 3.43. The number of nitrogens with one attached hydrogen (secondary N) is 1. The van der Waals surface area contributed by atoms with E-state index in [9.17, 15) is 0 Å². The molecule has 0 radical (unpaired) electrons. The molecule has 1 aromatic carbocycles. The van der Waals surface area contributed by atoms with Crippen LogP contribution in [-0.2, 0) is 11.2 Å². The van der Waals surface area contributed by atoms with Gasteiger partial charge in [0.1, 0.15) is 0 Å². The Morgan fingerprint density at radius 3 is 2.72 bits per heavy atom. The van der Waals surface area contributed by atoms with Gasteiger partial charge in [0.25, 0.3) is 0 Å². The minimum Gasteiger partial charge on any atom is -0.377 e. The Bertz CT molecular complexity index is 383. The second-order valence-corrected chi connectivity index (χ2v) is 5.42. The van der Waals surface area contributed by atoms with Crippen LogP contribution in [0, 0.1) is 13.8 Å². The molecule has 1 aromatic rings. The van der Waals surface area contributed by atoms with E-state index in [1.54, 1.807) is 0 Å². The molecular weight excluding hydrogens is 222 g/mol. The van der Waals surface area contributed by atoms with Crippen molar-refractivity contribution in [2.24, 2.45) is 0 Å². The summed E-state index contributed by atoms with van der Waals surface area (Å²) in [6, 6.07) is 7.21. The first-order chi connectivity index (χ1) is 8.70. The first kappa shape index (κ1) is 13.6. The SMILES string of the molecule is CNC(Cc1ccc(C)c(C)c1)C1CCCCO1. The fourth-order valence-corrected chi connectivity index (χ4v) is 2.69. The normalized spacial score (nSPS) is 21.8. The van der Waals surface area contributed by atoms with Crippen LogP contribution in [0.4, 0.5) is 0 Å². The van der Waals surface area contributed by atoms with Gasteiger partial charge >= 0.3 is 0 Å². The summed E-state index contributed by atoms with van der Waals surface area (Å²) in [5.74, 6) is 0. The van der Waals surface area contributed by atoms with Gasteiger partial charge in [-0.2, -0.15) is 0 Å². The zero-order valence-corrected chi connectivity index (χ0v) is 11.8. The van der Waals surface area contributed by atoms with Crippen LogP contribution in [0.25, 0.3) is 0 Å². The number of likely N-dealkylation sites (N-methyl/N-ethyl adjacent to an activating group) is 1. The summed E-state index contributed by atoms with van der Waals surface area (Å²) in [5.41, 5.74) is 4.16. The van der Waals surface area contributed by atoms with Crippen LogP contribution in [0.5, 0.6) is 0 Å². The van der Waals surface area contributed by atoms with Crippen LogP contribution in [0.2, 0.25) is 0 Å². The average molecular weight is 247 g/mol. The molecule has 0 saturated carbocycles. The van der Waals surface area contributed by atoms with Gasteiger partial charge in [-0.25, -0.2) is 0 Å². The van der Waals surface area contributed by atoms with Crippen LogP contribution in [-0.4, -0.2) is 25.8 Å². The second-order valence-electron chi connectivity index (χ2n) is 5.42. The maximum Gasteiger partial charge on any atom is 0.0731 e. The van der Waals surface area contributed by atoms with Crippen molar-refractivity contribution in [3.05, 3.63) is 34.9 Å². The number of rotatable bonds is 4. The summed E-state index contributed by atoms with van der Waals surface area (Å²) < 4.78 is 5.89. The van der Waals surface area contributed by atoms with Crippen molar-refractivity contribution < 1.29 is 4.74 Å². The smallest absolute Gasteiger partial charge is 0.0731 e. The molecule has 2 atom stereocenters. The Kier molecular flexibility index (Phi) is 4.79. The third kappa shape index (κ3) is 3.33. The summed E-state index contributed by atoms with van der Waals surface area (Å²) >= 11 is 0. The Morgan fingerprint density at radius 1 is 1.28 bits per heavy atom. The van der Waals surface area contributed by atoms with E-state index in [2.05, 4.69) is 37.4 Å². The van der Waals surface area contributed by atoms with Gasteiger partial charge in [0.05, 0.1) is 6.10 Å². The van der Waals surface area contributed by atoms with Gasteiger partial charge in [-0.05, 0) is 63.3 Å². The summed E-state index contributed by atoms with van der Waals surface area (Å²) in [4.78, 5) is 0. The number of hydrogen-bond donors (Lipinski definition) is 1. The molecule has 2 unspecified atom stereocenters. The monoisotopic (exact) mass is 247 g/mol. The lowest BCUT2D eigenvalue weighted by atomic mass is 9.94. The van der Waals surface area contributed by atoms with Gasteiger partial charge in [0, 0.05) is 12.6 Å². The highest BCUT2D eigenvalue weighted by atomic mass is 16.5. The maximum atomic E-state index is 5.89. The van der Waals surface area contributed by atoms with E-state index in [-0.39, 0.29) is 0 Å². The molecular formula is C16H25NO. The molecule has 2 nitrogen and oxygen atoms in total. The molecule has 1 aliphatic rings. The van der Waals surface area contributed by atoms with Gasteiger partial charge in [0.15, 0.2) is 0 Å². The highest BCUT2D eigenvalue weighted by molar-refractivity contribution is 5.30. The molecule has 0 aromatic heterocycles. The fourth-order valence-electron chi connectivity index (χ4n) is 2.69. The van der Waals surface area contributed by atoms with E-state index in [1.165, 1.54) is 36.0 Å². The van der Waals surface area contributed by atoms with Crippen LogP contribution in [0.15, 0.2) is 18.2 Å². The third-order valence-corrected chi connectivity index (χ3v) is 4.06. The molecule has 0 spiro atoms. The van der Waals surface area contributed by atoms with Crippen molar-refractivity contribution in [2.75, 3.05) is 13.7 Å². The molecule has 100 valence electrons. The van der Waals surface area contributed by atoms with Crippen LogP contribution in [0.3, 0.4) is 0 Å². The molecule has 1 saturated heterocycles. The van der Waals surface area contributed by atoms with E-state index >= 15 is 0 Å². The zero-order valence-electron chi connectivity index (χ0n) is 11.8. The van der Waals surface area contributed by atoms with E-state index < -0.39 is 0 Å². The molecule has 2 heteroatoms. The van der Waals surface area contributed by atoms with Gasteiger partial charge in [-0.15, -0.1) is 0 Å². The molecule has 1 aliphatic heterocycles. The summed E-state index contributed by atoms with van der Waals surface area (Å²) in [6.45, 7) is 5.28. The summed E-state index contributed by atoms with van der Waals surface area (Å²) in [7, 11) is 2.05. The van der Waals surface area contributed by atoms with E-state index in [0.29, 0.717) is 12.1 Å². The topological polar surface area (TPSA) is 21.3 Å². The highest BCUT2D eigenvalue weighted by Gasteiger charge is 2.23. The largest absolute Gasteiger partial charge is 0.377 e. The molecule has 1 heterocycles. The van der Waals surface area contributed by atoms with Crippen LogP contribution >= 0.6 is 0 Å². The van der Waals surface area contributed by atoms with E-state index in [4.69, 9.17) is 4.74 Å². The first-order valence-electron chi connectivity index (χ1n) is 7.05. The second kappa shape index (κ2) is 6.35. The molecule has 0 aliphatic carbocycles. The number of hydrogen-bond acceptors (Lipinski definition) is 2. The number of benzene rings is 1. The third-order valence-electron chi connectivity index (χ3n) is 4.06. The zero-order chi connectivity index (χ0) is 13.0. The number of aryl methyl sites for hydroxylation is 2. The Labute approximate surface area is 111 Å². The molecule has 0 amide bonds. The lowest BCUT2D eigenvalue weighted by Crippen LogP contribution is -2.42. The van der Waals surface area contributed by atoms with Gasteiger partial charge in [0.2, 0.25) is 0 Å². The molecule has 1 N–H and O–H groups in total. The summed E-state index contributed by atoms with van der Waals surface area (Å²) in [6.07, 6.45) is 5.15. The van der Waals surface area contributed by atoms with Gasteiger partial charge in [-0.1, -0.05) is 18.2 Å².